The summed E-state index contributed by atoms with van der Waals surface area (Å²) in [4.78, 5) is 0. The summed E-state index contributed by atoms with van der Waals surface area (Å²) in [5.41, 5.74) is 3.02. The van der Waals surface area contributed by atoms with Crippen molar-refractivity contribution in [1.29, 1.82) is 0 Å². The average Bonchev–Trinajstić information content (AvgIpc) is 3.60. The zero-order valence-electron chi connectivity index (χ0n) is 18.4. The van der Waals surface area contributed by atoms with Gasteiger partial charge in [0, 0.05) is 11.1 Å². The van der Waals surface area contributed by atoms with Crippen molar-refractivity contribution < 1.29 is 23.7 Å². The van der Waals surface area contributed by atoms with E-state index in [1.807, 2.05) is 0 Å². The summed E-state index contributed by atoms with van der Waals surface area (Å²) in [7, 11) is 0. The molecule has 1 aromatic carbocycles. The quantitative estimate of drug-likeness (QED) is 0.529. The van der Waals surface area contributed by atoms with Crippen molar-refractivity contribution in [2.24, 2.45) is 17.8 Å². The molecule has 4 aliphatic carbocycles. The fourth-order valence-electron chi connectivity index (χ4n) is 7.23. The summed E-state index contributed by atoms with van der Waals surface area (Å²) in [6, 6.07) is 4.59. The maximum Gasteiger partial charge on any atom is 0.130 e. The molecule has 8 rings (SSSR count). The molecule has 168 valence electrons. The Labute approximate surface area is 184 Å². The van der Waals surface area contributed by atoms with E-state index in [1.165, 1.54) is 49.7 Å². The average molecular weight is 427 g/mol. The molecule has 7 aliphatic rings. The smallest absolute Gasteiger partial charge is 0.130 e. The summed E-state index contributed by atoms with van der Waals surface area (Å²) in [5.74, 6) is 4.84. The van der Waals surface area contributed by atoms with Crippen LogP contribution in [-0.2, 0) is 26.0 Å². The van der Waals surface area contributed by atoms with Crippen molar-refractivity contribution in [3.8, 4) is 11.5 Å². The van der Waals surface area contributed by atoms with Gasteiger partial charge in [-0.25, -0.2) is 0 Å². The number of benzene rings is 1. The molecule has 0 N–H and O–H groups in total. The van der Waals surface area contributed by atoms with Crippen LogP contribution in [0.5, 0.6) is 11.5 Å². The first-order valence-electron chi connectivity index (χ1n) is 12.5. The van der Waals surface area contributed by atoms with Crippen LogP contribution in [0.1, 0.15) is 56.1 Å². The van der Waals surface area contributed by atoms with Crippen molar-refractivity contribution >= 4 is 0 Å². The molecular weight excluding hydrogens is 392 g/mol. The second-order valence-electron chi connectivity index (χ2n) is 11.1. The van der Waals surface area contributed by atoms with Crippen LogP contribution in [0.2, 0.25) is 0 Å². The number of hydrogen-bond acceptors (Lipinski definition) is 5. The topological polar surface area (TPSA) is 56.0 Å². The van der Waals surface area contributed by atoms with Gasteiger partial charge in [0.1, 0.15) is 36.9 Å². The lowest BCUT2D eigenvalue weighted by Gasteiger charge is -2.57. The minimum absolute atomic E-state index is 0.256. The molecule has 0 aromatic heterocycles. The van der Waals surface area contributed by atoms with E-state index < -0.39 is 0 Å². The van der Waals surface area contributed by atoms with Gasteiger partial charge in [0.15, 0.2) is 0 Å². The van der Waals surface area contributed by atoms with Crippen LogP contribution in [0, 0.1) is 17.8 Å². The van der Waals surface area contributed by atoms with Crippen LogP contribution in [0.3, 0.4) is 0 Å². The summed E-state index contributed by atoms with van der Waals surface area (Å²) >= 11 is 0. The van der Waals surface area contributed by atoms with Gasteiger partial charge in [0.2, 0.25) is 0 Å². The lowest BCUT2D eigenvalue weighted by atomic mass is 9.48. The first-order chi connectivity index (χ1) is 15.2. The van der Waals surface area contributed by atoms with E-state index in [9.17, 15) is 0 Å². The van der Waals surface area contributed by atoms with Crippen LogP contribution < -0.4 is 9.47 Å². The third-order valence-corrected chi connectivity index (χ3v) is 8.59. The Bertz CT molecular complexity index is 803. The molecule has 5 nitrogen and oxygen atoms in total. The first kappa shape index (κ1) is 19.2. The maximum absolute atomic E-state index is 6.62. The standard InChI is InChI=1S/C26H34O5/c1(19-11-27-19)2-22-24(30-14-20-12-28-20)4-3-23(25(22)31-15-21-13-29-21)26-8-16-5-17(9-26)7-18(6-16)10-26/h3-4,16-21H,1-2,5-15H2. The first-order valence-corrected chi connectivity index (χ1v) is 12.5. The number of epoxide rings is 3. The Morgan fingerprint density at radius 3 is 1.94 bits per heavy atom. The number of hydrogen-bond donors (Lipinski definition) is 0. The van der Waals surface area contributed by atoms with Gasteiger partial charge in [0.05, 0.1) is 25.9 Å². The molecule has 7 fully saturated rings. The highest BCUT2D eigenvalue weighted by molar-refractivity contribution is 5.54. The minimum atomic E-state index is 0.256. The lowest BCUT2D eigenvalue weighted by molar-refractivity contribution is -0.00654. The van der Waals surface area contributed by atoms with Crippen LogP contribution in [0.15, 0.2) is 12.1 Å². The van der Waals surface area contributed by atoms with Crippen molar-refractivity contribution in [2.45, 2.75) is 75.1 Å². The molecule has 0 radical (unpaired) electrons. The predicted octanol–water partition coefficient (Wildman–Crippen LogP) is 4.04. The van der Waals surface area contributed by atoms with Crippen LogP contribution in [0.25, 0.3) is 0 Å². The molecule has 3 atom stereocenters. The van der Waals surface area contributed by atoms with E-state index >= 15 is 0 Å². The van der Waals surface area contributed by atoms with E-state index in [4.69, 9.17) is 23.7 Å². The van der Waals surface area contributed by atoms with E-state index in [0.717, 1.165) is 61.9 Å². The Hall–Kier alpha value is -1.30. The second-order valence-corrected chi connectivity index (χ2v) is 11.1. The highest BCUT2D eigenvalue weighted by Crippen LogP contribution is 2.62. The highest BCUT2D eigenvalue weighted by atomic mass is 16.6. The zero-order valence-corrected chi connectivity index (χ0v) is 18.4. The zero-order chi connectivity index (χ0) is 20.4. The third kappa shape index (κ3) is 3.87. The summed E-state index contributed by atoms with van der Waals surface area (Å²) in [6.07, 6.45) is 11.3. The molecule has 3 aliphatic heterocycles. The van der Waals surface area contributed by atoms with E-state index in [0.29, 0.717) is 24.7 Å². The molecule has 31 heavy (non-hydrogen) atoms. The molecule has 0 amide bonds. The molecule has 3 heterocycles. The van der Waals surface area contributed by atoms with Gasteiger partial charge in [-0.2, -0.15) is 0 Å². The van der Waals surface area contributed by atoms with Crippen LogP contribution in [0.4, 0.5) is 0 Å². The molecular formula is C26H34O5. The fraction of sp³-hybridized carbons (Fsp3) is 0.769. The number of rotatable bonds is 10. The van der Waals surface area contributed by atoms with Crippen molar-refractivity contribution in [1.82, 2.24) is 0 Å². The largest absolute Gasteiger partial charge is 0.490 e. The monoisotopic (exact) mass is 426 g/mol. The molecule has 1 aromatic rings. The Balaban J connectivity index is 1.26. The van der Waals surface area contributed by atoms with Gasteiger partial charge in [-0.05, 0) is 80.6 Å². The van der Waals surface area contributed by atoms with E-state index in [2.05, 4.69) is 12.1 Å². The Morgan fingerprint density at radius 2 is 1.35 bits per heavy atom. The van der Waals surface area contributed by atoms with Gasteiger partial charge >= 0.3 is 0 Å². The van der Waals surface area contributed by atoms with Crippen LogP contribution in [-0.4, -0.2) is 51.3 Å². The molecule has 4 bridgehead atoms. The lowest BCUT2D eigenvalue weighted by Crippen LogP contribution is -2.48. The van der Waals surface area contributed by atoms with Gasteiger partial charge in [-0.1, -0.05) is 6.07 Å². The second kappa shape index (κ2) is 7.36. The summed E-state index contributed by atoms with van der Waals surface area (Å²) in [5, 5.41) is 0. The Morgan fingerprint density at radius 1 is 0.774 bits per heavy atom. The summed E-state index contributed by atoms with van der Waals surface area (Å²) in [6.45, 7) is 3.83. The van der Waals surface area contributed by atoms with Crippen LogP contribution >= 0.6 is 0 Å². The fourth-order valence-corrected chi connectivity index (χ4v) is 7.23. The van der Waals surface area contributed by atoms with Crippen molar-refractivity contribution in [3.05, 3.63) is 23.3 Å². The van der Waals surface area contributed by atoms with Gasteiger partial charge < -0.3 is 23.7 Å². The highest BCUT2D eigenvalue weighted by Gasteiger charge is 2.53. The molecule has 5 heteroatoms. The van der Waals surface area contributed by atoms with Gasteiger partial charge in [-0.15, -0.1) is 0 Å². The Kier molecular flexibility index (Phi) is 4.56. The maximum atomic E-state index is 6.62. The number of ether oxygens (including phenoxy) is 5. The van der Waals surface area contributed by atoms with Crippen molar-refractivity contribution in [2.75, 3.05) is 33.0 Å². The molecule has 3 saturated heterocycles. The summed E-state index contributed by atoms with van der Waals surface area (Å²) < 4.78 is 29.3. The molecule has 3 unspecified atom stereocenters. The minimum Gasteiger partial charge on any atom is -0.490 e. The van der Waals surface area contributed by atoms with Crippen molar-refractivity contribution in [3.63, 3.8) is 0 Å². The van der Waals surface area contributed by atoms with E-state index in [1.54, 1.807) is 0 Å². The SMILES string of the molecule is c1cc(C23CC4CC(CC(C4)C2)C3)c(OCC2CO2)c(CCC2CO2)c1OCC1CO1. The van der Waals surface area contributed by atoms with E-state index in [-0.39, 0.29) is 12.2 Å². The molecule has 4 saturated carbocycles. The van der Waals surface area contributed by atoms with Gasteiger partial charge in [0.25, 0.3) is 0 Å². The predicted molar refractivity (Wildman–Crippen MR) is 115 cm³/mol. The van der Waals surface area contributed by atoms with Gasteiger partial charge in [-0.3, -0.25) is 0 Å². The third-order valence-electron chi connectivity index (χ3n) is 8.59. The molecule has 0 spiro atoms. The normalized spacial score (nSPS) is 41.3.